The number of hydrogen-bond donors (Lipinski definition) is 1. The topological polar surface area (TPSA) is 59.2 Å². The molecule has 1 aromatic heterocycles. The van der Waals surface area contributed by atoms with E-state index in [0.717, 1.165) is 17.7 Å². The maximum atomic E-state index is 11.6. The molecule has 74 valence electrons. The van der Waals surface area contributed by atoms with E-state index in [1.807, 2.05) is 13.0 Å². The summed E-state index contributed by atoms with van der Waals surface area (Å²) in [5.41, 5.74) is 7.58. The van der Waals surface area contributed by atoms with Gasteiger partial charge in [-0.2, -0.15) is 0 Å². The van der Waals surface area contributed by atoms with Crippen LogP contribution in [-0.4, -0.2) is 23.5 Å². The highest BCUT2D eigenvalue weighted by molar-refractivity contribution is 5.99. The molecule has 1 aromatic rings. The molecule has 1 unspecified atom stereocenters. The lowest BCUT2D eigenvalue weighted by Crippen LogP contribution is -2.34. The maximum Gasteiger partial charge on any atom is 0.244 e. The van der Waals surface area contributed by atoms with E-state index in [2.05, 4.69) is 4.98 Å². The van der Waals surface area contributed by atoms with Gasteiger partial charge in [-0.15, -0.1) is 0 Å². The Kier molecular flexibility index (Phi) is 2.21. The SMILES string of the molecule is Cc1ccncc1N1CCC(N)C1=O. The van der Waals surface area contributed by atoms with Crippen LogP contribution in [0.3, 0.4) is 0 Å². The summed E-state index contributed by atoms with van der Waals surface area (Å²) in [6, 6.07) is 1.56. The zero-order valence-electron chi connectivity index (χ0n) is 8.10. The van der Waals surface area contributed by atoms with Gasteiger partial charge in [0.15, 0.2) is 0 Å². The molecule has 1 aliphatic heterocycles. The van der Waals surface area contributed by atoms with Gasteiger partial charge in [-0.05, 0) is 25.0 Å². The summed E-state index contributed by atoms with van der Waals surface area (Å²) in [5, 5.41) is 0. The van der Waals surface area contributed by atoms with Crippen LogP contribution in [-0.2, 0) is 4.79 Å². The van der Waals surface area contributed by atoms with Crippen LogP contribution in [0.15, 0.2) is 18.5 Å². The fourth-order valence-electron chi connectivity index (χ4n) is 1.68. The van der Waals surface area contributed by atoms with Crippen molar-refractivity contribution in [2.24, 2.45) is 5.73 Å². The van der Waals surface area contributed by atoms with Crippen LogP contribution >= 0.6 is 0 Å². The molecule has 4 nitrogen and oxygen atoms in total. The number of aromatic nitrogens is 1. The number of amides is 1. The number of carbonyl (C=O) groups excluding carboxylic acids is 1. The highest BCUT2D eigenvalue weighted by Crippen LogP contribution is 2.22. The van der Waals surface area contributed by atoms with Crippen molar-refractivity contribution >= 4 is 11.6 Å². The van der Waals surface area contributed by atoms with Gasteiger partial charge < -0.3 is 10.6 Å². The van der Waals surface area contributed by atoms with Gasteiger partial charge in [0.25, 0.3) is 0 Å². The highest BCUT2D eigenvalue weighted by atomic mass is 16.2. The van der Waals surface area contributed by atoms with Crippen LogP contribution in [0.4, 0.5) is 5.69 Å². The second-order valence-corrected chi connectivity index (χ2v) is 3.55. The van der Waals surface area contributed by atoms with Gasteiger partial charge in [-0.25, -0.2) is 0 Å². The zero-order chi connectivity index (χ0) is 10.1. The summed E-state index contributed by atoms with van der Waals surface area (Å²) in [4.78, 5) is 17.4. The minimum Gasteiger partial charge on any atom is -0.320 e. The molecule has 2 heterocycles. The summed E-state index contributed by atoms with van der Waals surface area (Å²) >= 11 is 0. The van der Waals surface area contributed by atoms with E-state index in [1.54, 1.807) is 17.3 Å². The standard InChI is InChI=1S/C10H13N3O/c1-7-2-4-12-6-9(7)13-5-3-8(11)10(13)14/h2,4,6,8H,3,5,11H2,1H3. The molecule has 0 radical (unpaired) electrons. The van der Waals surface area contributed by atoms with Gasteiger partial charge in [0.05, 0.1) is 17.9 Å². The molecule has 0 aliphatic carbocycles. The number of nitrogens with zero attached hydrogens (tertiary/aromatic N) is 2. The first-order chi connectivity index (χ1) is 6.70. The number of nitrogens with two attached hydrogens (primary N) is 1. The Balaban J connectivity index is 2.33. The zero-order valence-corrected chi connectivity index (χ0v) is 8.10. The third-order valence-corrected chi connectivity index (χ3v) is 2.55. The van der Waals surface area contributed by atoms with Gasteiger partial charge in [-0.3, -0.25) is 9.78 Å². The summed E-state index contributed by atoms with van der Waals surface area (Å²) in [6.45, 7) is 2.67. The average Bonchev–Trinajstić information content (AvgIpc) is 2.49. The van der Waals surface area contributed by atoms with Crippen LogP contribution in [0.25, 0.3) is 0 Å². The smallest absolute Gasteiger partial charge is 0.244 e. The summed E-state index contributed by atoms with van der Waals surface area (Å²) in [6.07, 6.45) is 4.16. The number of pyridine rings is 1. The molecule has 0 saturated carbocycles. The fourth-order valence-corrected chi connectivity index (χ4v) is 1.68. The van der Waals surface area contributed by atoms with Crippen LogP contribution in [0, 0.1) is 6.92 Å². The molecule has 2 N–H and O–H groups in total. The van der Waals surface area contributed by atoms with E-state index in [0.29, 0.717) is 6.54 Å². The van der Waals surface area contributed by atoms with Crippen LogP contribution in [0.1, 0.15) is 12.0 Å². The molecule has 0 bridgehead atoms. The minimum absolute atomic E-state index is 0.00102. The monoisotopic (exact) mass is 191 g/mol. The van der Waals surface area contributed by atoms with E-state index in [-0.39, 0.29) is 11.9 Å². The number of hydrogen-bond acceptors (Lipinski definition) is 3. The Morgan fingerprint density at radius 1 is 1.64 bits per heavy atom. The summed E-state index contributed by atoms with van der Waals surface area (Å²) in [5.74, 6) is 0.00102. The van der Waals surface area contributed by atoms with Crippen LogP contribution in [0.5, 0.6) is 0 Å². The first-order valence-electron chi connectivity index (χ1n) is 4.67. The molecule has 14 heavy (non-hydrogen) atoms. The molecule has 0 spiro atoms. The van der Waals surface area contributed by atoms with Gasteiger partial charge in [0, 0.05) is 12.7 Å². The maximum absolute atomic E-state index is 11.6. The normalized spacial score (nSPS) is 21.7. The molecule has 0 aromatic carbocycles. The first-order valence-corrected chi connectivity index (χ1v) is 4.67. The van der Waals surface area contributed by atoms with E-state index >= 15 is 0 Å². The molecular formula is C10H13N3O. The van der Waals surface area contributed by atoms with E-state index in [9.17, 15) is 4.79 Å². The van der Waals surface area contributed by atoms with Crippen molar-refractivity contribution in [2.75, 3.05) is 11.4 Å². The molecular weight excluding hydrogens is 178 g/mol. The number of aryl methyl sites for hydroxylation is 1. The van der Waals surface area contributed by atoms with E-state index in [4.69, 9.17) is 5.73 Å². The van der Waals surface area contributed by atoms with Crippen LogP contribution < -0.4 is 10.6 Å². The van der Waals surface area contributed by atoms with Crippen molar-refractivity contribution in [3.8, 4) is 0 Å². The Labute approximate surface area is 82.7 Å². The number of rotatable bonds is 1. The summed E-state index contributed by atoms with van der Waals surface area (Å²) < 4.78 is 0. The molecule has 1 amide bonds. The van der Waals surface area contributed by atoms with Crippen molar-refractivity contribution < 1.29 is 4.79 Å². The molecule has 1 fully saturated rings. The lowest BCUT2D eigenvalue weighted by molar-refractivity contribution is -0.118. The minimum atomic E-state index is -0.338. The van der Waals surface area contributed by atoms with Crippen molar-refractivity contribution in [1.82, 2.24) is 4.98 Å². The van der Waals surface area contributed by atoms with Crippen molar-refractivity contribution in [3.05, 3.63) is 24.0 Å². The third kappa shape index (κ3) is 1.37. The Bertz CT molecular complexity index is 364. The van der Waals surface area contributed by atoms with Crippen molar-refractivity contribution in [3.63, 3.8) is 0 Å². The number of anilines is 1. The molecule has 1 aliphatic rings. The second kappa shape index (κ2) is 3.38. The van der Waals surface area contributed by atoms with Gasteiger partial charge in [0.1, 0.15) is 0 Å². The van der Waals surface area contributed by atoms with Crippen molar-refractivity contribution in [2.45, 2.75) is 19.4 Å². The lowest BCUT2D eigenvalue weighted by Gasteiger charge is -2.17. The fraction of sp³-hybridized carbons (Fsp3) is 0.400. The third-order valence-electron chi connectivity index (χ3n) is 2.55. The summed E-state index contributed by atoms with van der Waals surface area (Å²) in [7, 11) is 0. The van der Waals surface area contributed by atoms with E-state index < -0.39 is 0 Å². The average molecular weight is 191 g/mol. The predicted octanol–water partition coefficient (Wildman–Crippen LogP) is 0.454. The first kappa shape index (κ1) is 9.15. The lowest BCUT2D eigenvalue weighted by atomic mass is 10.2. The largest absolute Gasteiger partial charge is 0.320 e. The quantitative estimate of drug-likeness (QED) is 0.701. The Hall–Kier alpha value is -1.42. The van der Waals surface area contributed by atoms with Gasteiger partial charge in [-0.1, -0.05) is 0 Å². The molecule has 1 atom stereocenters. The van der Waals surface area contributed by atoms with Gasteiger partial charge >= 0.3 is 0 Å². The van der Waals surface area contributed by atoms with Crippen molar-refractivity contribution in [1.29, 1.82) is 0 Å². The van der Waals surface area contributed by atoms with E-state index in [1.165, 1.54) is 0 Å². The Morgan fingerprint density at radius 2 is 2.43 bits per heavy atom. The molecule has 1 saturated heterocycles. The predicted molar refractivity (Wildman–Crippen MR) is 53.9 cm³/mol. The highest BCUT2D eigenvalue weighted by Gasteiger charge is 2.30. The molecule has 4 heteroatoms. The Morgan fingerprint density at radius 3 is 3.00 bits per heavy atom. The molecule has 2 rings (SSSR count). The van der Waals surface area contributed by atoms with Gasteiger partial charge in [0.2, 0.25) is 5.91 Å². The number of carbonyl (C=O) groups is 1. The van der Waals surface area contributed by atoms with Crippen LogP contribution in [0.2, 0.25) is 0 Å². The second-order valence-electron chi connectivity index (χ2n) is 3.55.